The lowest BCUT2D eigenvalue weighted by Crippen LogP contribution is -2.40. The molecule has 0 unspecified atom stereocenters. The molecule has 0 amide bonds. The number of Topliss-reactive ketones (excluding diaryl/α,β-unsaturated/α-hetero) is 1. The van der Waals surface area contributed by atoms with Crippen LogP contribution in [0.2, 0.25) is 0 Å². The molecule has 2 aliphatic rings. The second kappa shape index (κ2) is 6.63. The molecule has 5 heteroatoms. The highest BCUT2D eigenvalue weighted by molar-refractivity contribution is 6.01. The number of carbonyl (C=O) groups is 3. The van der Waals surface area contributed by atoms with Crippen LogP contribution in [0, 0.1) is 17.3 Å². The molecule has 0 aromatic heterocycles. The van der Waals surface area contributed by atoms with E-state index in [1.165, 1.54) is 0 Å². The van der Waals surface area contributed by atoms with Crippen molar-refractivity contribution in [3.63, 3.8) is 0 Å². The normalized spacial score (nSPS) is 26.1. The van der Waals surface area contributed by atoms with Crippen molar-refractivity contribution in [3.05, 3.63) is 11.6 Å². The fraction of sp³-hybridized carbons (Fsp3) is 0.706. The van der Waals surface area contributed by atoms with Gasteiger partial charge in [-0.2, -0.15) is 0 Å². The Balaban J connectivity index is 2.31. The average molecular weight is 308 g/mol. The van der Waals surface area contributed by atoms with Gasteiger partial charge in [0, 0.05) is 6.42 Å². The summed E-state index contributed by atoms with van der Waals surface area (Å²) in [5.74, 6) is -0.797. The Hall–Kier alpha value is -1.65. The van der Waals surface area contributed by atoms with Gasteiger partial charge >= 0.3 is 11.9 Å². The van der Waals surface area contributed by atoms with Crippen molar-refractivity contribution < 1.29 is 23.9 Å². The standard InChI is InChI=1S/C17H24O5/c1-4-11-7-12-9-17(15(19)21-5-2,16(20)22-6-3)10-13(12)8-14(11)18/h7,12-13H,4-6,8-10H2,1-3H3/t12-,13+/m0/s1. The van der Waals surface area contributed by atoms with Crippen molar-refractivity contribution in [2.24, 2.45) is 17.3 Å². The Kier molecular flexibility index (Phi) is 5.04. The highest BCUT2D eigenvalue weighted by atomic mass is 16.6. The summed E-state index contributed by atoms with van der Waals surface area (Å²) in [6.45, 7) is 5.84. The van der Waals surface area contributed by atoms with E-state index in [9.17, 15) is 14.4 Å². The van der Waals surface area contributed by atoms with Gasteiger partial charge in [-0.05, 0) is 50.5 Å². The third-order valence-electron chi connectivity index (χ3n) is 4.73. The van der Waals surface area contributed by atoms with Gasteiger partial charge in [0.2, 0.25) is 0 Å². The summed E-state index contributed by atoms with van der Waals surface area (Å²) in [6.07, 6.45) is 3.77. The molecule has 0 heterocycles. The van der Waals surface area contributed by atoms with Crippen molar-refractivity contribution in [1.29, 1.82) is 0 Å². The molecule has 0 spiro atoms. The van der Waals surface area contributed by atoms with Gasteiger partial charge in [-0.3, -0.25) is 14.4 Å². The monoisotopic (exact) mass is 308 g/mol. The predicted molar refractivity (Wildman–Crippen MR) is 79.9 cm³/mol. The minimum atomic E-state index is -1.25. The molecule has 22 heavy (non-hydrogen) atoms. The summed E-state index contributed by atoms with van der Waals surface area (Å²) in [5, 5.41) is 0. The van der Waals surface area contributed by atoms with Crippen LogP contribution in [0.1, 0.15) is 46.5 Å². The van der Waals surface area contributed by atoms with Gasteiger partial charge in [-0.1, -0.05) is 13.0 Å². The number of rotatable bonds is 5. The fourth-order valence-electron chi connectivity index (χ4n) is 3.66. The molecule has 0 saturated heterocycles. The van der Waals surface area contributed by atoms with E-state index >= 15 is 0 Å². The number of hydrogen-bond acceptors (Lipinski definition) is 5. The number of carbonyl (C=O) groups excluding carboxylic acids is 3. The lowest BCUT2D eigenvalue weighted by Gasteiger charge is -2.24. The third-order valence-corrected chi connectivity index (χ3v) is 4.73. The minimum absolute atomic E-state index is 0.0246. The largest absolute Gasteiger partial charge is 0.465 e. The molecule has 0 aliphatic heterocycles. The van der Waals surface area contributed by atoms with Gasteiger partial charge in [0.25, 0.3) is 0 Å². The van der Waals surface area contributed by atoms with Crippen LogP contribution in [0.4, 0.5) is 0 Å². The van der Waals surface area contributed by atoms with Crippen LogP contribution < -0.4 is 0 Å². The van der Waals surface area contributed by atoms with E-state index in [-0.39, 0.29) is 30.8 Å². The number of hydrogen-bond donors (Lipinski definition) is 0. The lowest BCUT2D eigenvalue weighted by atomic mass is 9.81. The van der Waals surface area contributed by atoms with Gasteiger partial charge in [0.05, 0.1) is 13.2 Å². The molecule has 2 rings (SSSR count). The molecule has 0 N–H and O–H groups in total. The molecule has 0 aromatic rings. The summed E-state index contributed by atoms with van der Waals surface area (Å²) < 4.78 is 10.3. The van der Waals surface area contributed by atoms with Gasteiger partial charge in [0.15, 0.2) is 11.2 Å². The van der Waals surface area contributed by atoms with E-state index in [2.05, 4.69) is 0 Å². The van der Waals surface area contributed by atoms with Gasteiger partial charge in [-0.15, -0.1) is 0 Å². The maximum Gasteiger partial charge on any atom is 0.323 e. The van der Waals surface area contributed by atoms with Crippen molar-refractivity contribution in [1.82, 2.24) is 0 Å². The van der Waals surface area contributed by atoms with Crippen molar-refractivity contribution in [2.75, 3.05) is 13.2 Å². The zero-order valence-electron chi connectivity index (χ0n) is 13.5. The smallest absolute Gasteiger partial charge is 0.323 e. The molecular formula is C17H24O5. The number of ketones is 1. The highest BCUT2D eigenvalue weighted by Crippen LogP contribution is 2.51. The predicted octanol–water partition coefficient (Wildman–Crippen LogP) is 2.43. The van der Waals surface area contributed by atoms with Crippen LogP contribution >= 0.6 is 0 Å². The van der Waals surface area contributed by atoms with Crippen LogP contribution in [0.5, 0.6) is 0 Å². The van der Waals surface area contributed by atoms with Crippen molar-refractivity contribution >= 4 is 17.7 Å². The summed E-state index contributed by atoms with van der Waals surface area (Å²) >= 11 is 0. The maximum atomic E-state index is 12.4. The van der Waals surface area contributed by atoms with Gasteiger partial charge in [-0.25, -0.2) is 0 Å². The highest BCUT2D eigenvalue weighted by Gasteiger charge is 2.58. The first-order chi connectivity index (χ1) is 10.5. The second-order valence-corrected chi connectivity index (χ2v) is 6.03. The van der Waals surface area contributed by atoms with Crippen molar-refractivity contribution in [3.8, 4) is 0 Å². The Morgan fingerprint density at radius 1 is 1.14 bits per heavy atom. The van der Waals surface area contributed by atoms with E-state index in [4.69, 9.17) is 9.47 Å². The first kappa shape index (κ1) is 16.7. The average Bonchev–Trinajstić information content (AvgIpc) is 2.86. The molecule has 5 nitrogen and oxygen atoms in total. The van der Waals surface area contributed by atoms with Crippen molar-refractivity contribution in [2.45, 2.75) is 46.5 Å². The number of allylic oxidation sites excluding steroid dienone is 2. The molecule has 1 saturated carbocycles. The molecule has 1 fully saturated rings. The Bertz CT molecular complexity index is 487. The van der Waals surface area contributed by atoms with Crippen LogP contribution in [0.25, 0.3) is 0 Å². The fourth-order valence-corrected chi connectivity index (χ4v) is 3.66. The summed E-state index contributed by atoms with van der Waals surface area (Å²) in [5.41, 5.74) is -0.439. The van der Waals surface area contributed by atoms with Crippen LogP contribution in [0.3, 0.4) is 0 Å². The Morgan fingerprint density at radius 2 is 1.73 bits per heavy atom. The van der Waals surface area contributed by atoms with E-state index < -0.39 is 17.4 Å². The molecular weight excluding hydrogens is 284 g/mol. The maximum absolute atomic E-state index is 12.4. The van der Waals surface area contributed by atoms with E-state index in [0.29, 0.717) is 25.7 Å². The van der Waals surface area contributed by atoms with Crippen LogP contribution in [0.15, 0.2) is 11.6 Å². The summed E-state index contributed by atoms with van der Waals surface area (Å²) in [7, 11) is 0. The summed E-state index contributed by atoms with van der Waals surface area (Å²) in [4.78, 5) is 36.9. The summed E-state index contributed by atoms with van der Waals surface area (Å²) in [6, 6.07) is 0. The first-order valence-corrected chi connectivity index (χ1v) is 8.06. The van der Waals surface area contributed by atoms with Gasteiger partial charge < -0.3 is 9.47 Å². The topological polar surface area (TPSA) is 69.7 Å². The molecule has 0 aromatic carbocycles. The quantitative estimate of drug-likeness (QED) is 0.576. The molecule has 0 radical (unpaired) electrons. The Labute approximate surface area is 131 Å². The second-order valence-electron chi connectivity index (χ2n) is 6.03. The molecule has 0 bridgehead atoms. The SMILES string of the molecule is CCOC(=O)C1(C(=O)OCC)C[C@H]2CC(=O)C(CC)=C[C@H]2C1. The first-order valence-electron chi connectivity index (χ1n) is 8.06. The zero-order chi connectivity index (χ0) is 16.3. The lowest BCUT2D eigenvalue weighted by molar-refractivity contribution is -0.172. The zero-order valence-corrected chi connectivity index (χ0v) is 13.5. The van der Waals surface area contributed by atoms with E-state index in [1.54, 1.807) is 13.8 Å². The minimum Gasteiger partial charge on any atom is -0.465 e. The molecule has 2 atom stereocenters. The van der Waals surface area contributed by atoms with Crippen LogP contribution in [-0.4, -0.2) is 30.9 Å². The van der Waals surface area contributed by atoms with E-state index in [0.717, 1.165) is 5.57 Å². The number of esters is 2. The Morgan fingerprint density at radius 3 is 2.23 bits per heavy atom. The molecule has 122 valence electrons. The van der Waals surface area contributed by atoms with Gasteiger partial charge in [0.1, 0.15) is 0 Å². The van der Waals surface area contributed by atoms with Crippen LogP contribution in [-0.2, 0) is 23.9 Å². The van der Waals surface area contributed by atoms with E-state index in [1.807, 2.05) is 13.0 Å². The molecule has 2 aliphatic carbocycles. The number of ether oxygens (including phenoxy) is 2. The number of fused-ring (bicyclic) bond motifs is 1. The third kappa shape index (κ3) is 2.81.